The highest BCUT2D eigenvalue weighted by molar-refractivity contribution is 7.89. The summed E-state index contributed by atoms with van der Waals surface area (Å²) in [5.41, 5.74) is -0.410. The maximum absolute atomic E-state index is 13.7. The number of methoxy groups -OCH3 is 2. The molecule has 132 valence electrons. The van der Waals surface area contributed by atoms with E-state index in [0.29, 0.717) is 6.61 Å². The van der Waals surface area contributed by atoms with Gasteiger partial charge in [0, 0.05) is 13.7 Å². The van der Waals surface area contributed by atoms with E-state index in [1.54, 1.807) is 7.11 Å². The van der Waals surface area contributed by atoms with Crippen LogP contribution in [0.4, 0.5) is 4.39 Å². The molecule has 1 aromatic rings. The van der Waals surface area contributed by atoms with Gasteiger partial charge in [-0.15, -0.1) is 12.4 Å². The van der Waals surface area contributed by atoms with E-state index >= 15 is 0 Å². The van der Waals surface area contributed by atoms with Gasteiger partial charge >= 0.3 is 0 Å². The van der Waals surface area contributed by atoms with Crippen LogP contribution in [0.5, 0.6) is 5.75 Å². The van der Waals surface area contributed by atoms with Crippen LogP contribution >= 0.6 is 12.4 Å². The predicted octanol–water partition coefficient (Wildman–Crippen LogP) is 1.30. The van der Waals surface area contributed by atoms with E-state index in [1.807, 2.05) is 0 Å². The first kappa shape index (κ1) is 20.1. The molecule has 1 heterocycles. The number of hydrogen-bond acceptors (Lipinski definition) is 5. The molecular formula is C14H22ClFN2O4S. The van der Waals surface area contributed by atoms with E-state index in [2.05, 4.69) is 10.0 Å². The zero-order chi connectivity index (χ0) is 16.2. The van der Waals surface area contributed by atoms with Crippen molar-refractivity contribution in [1.29, 1.82) is 0 Å². The summed E-state index contributed by atoms with van der Waals surface area (Å²) in [6.07, 6.45) is 1.78. The van der Waals surface area contributed by atoms with Crippen molar-refractivity contribution in [2.24, 2.45) is 0 Å². The summed E-state index contributed by atoms with van der Waals surface area (Å²) in [7, 11) is -0.890. The molecule has 0 amide bonds. The lowest BCUT2D eigenvalue weighted by atomic mass is 9.99. The fourth-order valence-electron chi connectivity index (χ4n) is 2.60. The SMILES string of the molecule is COCC1(CNS(=O)(=O)c2ccc(OC)c(F)c2)CCCN1.Cl. The summed E-state index contributed by atoms with van der Waals surface area (Å²) in [5, 5.41) is 3.28. The number of halogens is 2. The molecule has 23 heavy (non-hydrogen) atoms. The van der Waals surface area contributed by atoms with Gasteiger partial charge in [-0.05, 0) is 37.6 Å². The first-order chi connectivity index (χ1) is 10.4. The Morgan fingerprint density at radius 3 is 2.65 bits per heavy atom. The first-order valence-corrected chi connectivity index (χ1v) is 8.48. The molecule has 6 nitrogen and oxygen atoms in total. The molecule has 0 bridgehead atoms. The molecule has 1 fully saturated rings. The van der Waals surface area contributed by atoms with Gasteiger partial charge < -0.3 is 14.8 Å². The molecule has 0 radical (unpaired) electrons. The second-order valence-electron chi connectivity index (χ2n) is 5.36. The molecule has 1 atom stereocenters. The Morgan fingerprint density at radius 2 is 2.13 bits per heavy atom. The Bertz CT molecular complexity index is 621. The van der Waals surface area contributed by atoms with Crippen molar-refractivity contribution in [2.45, 2.75) is 23.3 Å². The fraction of sp³-hybridized carbons (Fsp3) is 0.571. The van der Waals surface area contributed by atoms with E-state index in [1.165, 1.54) is 19.2 Å². The summed E-state index contributed by atoms with van der Waals surface area (Å²) >= 11 is 0. The van der Waals surface area contributed by atoms with Gasteiger partial charge in [0.05, 0.1) is 24.2 Å². The van der Waals surface area contributed by atoms with Gasteiger partial charge in [0.1, 0.15) is 0 Å². The Labute approximate surface area is 142 Å². The van der Waals surface area contributed by atoms with Gasteiger partial charge in [0.2, 0.25) is 10.0 Å². The summed E-state index contributed by atoms with van der Waals surface area (Å²) in [6, 6.07) is 3.56. The standard InChI is InChI=1S/C14H21FN2O4S.ClH/c1-20-10-14(6-3-7-16-14)9-17-22(18,19)11-4-5-13(21-2)12(15)8-11;/h4-5,8,16-17H,3,6-7,9-10H2,1-2H3;1H. The highest BCUT2D eigenvalue weighted by Gasteiger charge is 2.34. The van der Waals surface area contributed by atoms with Crippen molar-refractivity contribution in [3.8, 4) is 5.75 Å². The molecule has 0 spiro atoms. The fourth-order valence-corrected chi connectivity index (χ4v) is 3.74. The van der Waals surface area contributed by atoms with Crippen LogP contribution in [-0.4, -0.2) is 47.9 Å². The highest BCUT2D eigenvalue weighted by Crippen LogP contribution is 2.22. The largest absolute Gasteiger partial charge is 0.494 e. The van der Waals surface area contributed by atoms with E-state index in [9.17, 15) is 12.8 Å². The van der Waals surface area contributed by atoms with Gasteiger partial charge in [-0.3, -0.25) is 0 Å². The second-order valence-corrected chi connectivity index (χ2v) is 7.13. The number of nitrogens with one attached hydrogen (secondary N) is 2. The quantitative estimate of drug-likeness (QED) is 0.758. The third-order valence-corrected chi connectivity index (χ3v) is 5.19. The third-order valence-electron chi connectivity index (χ3n) is 3.79. The molecule has 1 unspecified atom stereocenters. The summed E-state index contributed by atoms with van der Waals surface area (Å²) < 4.78 is 50.8. The number of sulfonamides is 1. The Balaban J connectivity index is 0.00000264. The summed E-state index contributed by atoms with van der Waals surface area (Å²) in [5.74, 6) is -0.705. The Kier molecular flexibility index (Phi) is 7.22. The van der Waals surface area contributed by atoms with Crippen LogP contribution in [0.2, 0.25) is 0 Å². The van der Waals surface area contributed by atoms with Crippen molar-refractivity contribution in [3.63, 3.8) is 0 Å². The zero-order valence-corrected chi connectivity index (χ0v) is 14.7. The lowest BCUT2D eigenvalue weighted by molar-refractivity contribution is 0.122. The van der Waals surface area contributed by atoms with Gasteiger partial charge in [0.25, 0.3) is 0 Å². The second kappa shape index (κ2) is 8.25. The molecule has 2 rings (SSSR count). The minimum Gasteiger partial charge on any atom is -0.494 e. The minimum absolute atomic E-state index is 0. The molecule has 0 aliphatic carbocycles. The van der Waals surface area contributed by atoms with Crippen LogP contribution in [0.3, 0.4) is 0 Å². The van der Waals surface area contributed by atoms with Crippen LogP contribution in [0.25, 0.3) is 0 Å². The average molecular weight is 369 g/mol. The van der Waals surface area contributed by atoms with Crippen molar-refractivity contribution in [1.82, 2.24) is 10.0 Å². The Hall–Kier alpha value is -0.930. The highest BCUT2D eigenvalue weighted by atomic mass is 35.5. The van der Waals surface area contributed by atoms with E-state index in [0.717, 1.165) is 25.5 Å². The lowest BCUT2D eigenvalue weighted by Crippen LogP contribution is -2.52. The average Bonchev–Trinajstić information content (AvgIpc) is 2.95. The normalized spacial score (nSPS) is 21.0. The first-order valence-electron chi connectivity index (χ1n) is 7.00. The van der Waals surface area contributed by atoms with Crippen molar-refractivity contribution >= 4 is 22.4 Å². The van der Waals surface area contributed by atoms with Crippen LogP contribution in [0.15, 0.2) is 23.1 Å². The molecule has 2 N–H and O–H groups in total. The van der Waals surface area contributed by atoms with Gasteiger partial charge in [0.15, 0.2) is 11.6 Å². The lowest BCUT2D eigenvalue weighted by Gasteiger charge is -2.28. The monoisotopic (exact) mass is 368 g/mol. The van der Waals surface area contributed by atoms with Crippen molar-refractivity contribution in [2.75, 3.05) is 33.9 Å². The Morgan fingerprint density at radius 1 is 1.39 bits per heavy atom. The molecule has 1 aromatic carbocycles. The molecule has 1 saturated heterocycles. The molecule has 1 aliphatic rings. The van der Waals surface area contributed by atoms with E-state index < -0.39 is 21.4 Å². The summed E-state index contributed by atoms with van der Waals surface area (Å²) in [4.78, 5) is -0.128. The van der Waals surface area contributed by atoms with Gasteiger partial charge in [-0.25, -0.2) is 17.5 Å². The van der Waals surface area contributed by atoms with Gasteiger partial charge in [-0.1, -0.05) is 0 Å². The van der Waals surface area contributed by atoms with Crippen LogP contribution in [0, 0.1) is 5.82 Å². The maximum Gasteiger partial charge on any atom is 0.240 e. The number of rotatable bonds is 7. The van der Waals surface area contributed by atoms with Crippen molar-refractivity contribution < 1.29 is 22.3 Å². The van der Waals surface area contributed by atoms with Crippen LogP contribution in [-0.2, 0) is 14.8 Å². The van der Waals surface area contributed by atoms with Crippen molar-refractivity contribution in [3.05, 3.63) is 24.0 Å². The van der Waals surface area contributed by atoms with E-state index in [-0.39, 0.29) is 29.6 Å². The number of hydrogen-bond donors (Lipinski definition) is 2. The zero-order valence-electron chi connectivity index (χ0n) is 13.1. The summed E-state index contributed by atoms with van der Waals surface area (Å²) in [6.45, 7) is 1.42. The third kappa shape index (κ3) is 4.77. The molecular weight excluding hydrogens is 347 g/mol. The maximum atomic E-state index is 13.7. The molecule has 9 heteroatoms. The number of benzene rings is 1. The number of ether oxygens (including phenoxy) is 2. The predicted molar refractivity (Wildman–Crippen MR) is 87.2 cm³/mol. The van der Waals surface area contributed by atoms with Gasteiger partial charge in [-0.2, -0.15) is 0 Å². The van der Waals surface area contributed by atoms with E-state index in [4.69, 9.17) is 9.47 Å². The topological polar surface area (TPSA) is 76.7 Å². The molecule has 0 saturated carbocycles. The van der Waals surface area contributed by atoms with Crippen LogP contribution in [0.1, 0.15) is 12.8 Å². The van der Waals surface area contributed by atoms with Crippen LogP contribution < -0.4 is 14.8 Å². The molecule has 0 aromatic heterocycles. The smallest absolute Gasteiger partial charge is 0.240 e. The molecule has 1 aliphatic heterocycles. The minimum atomic E-state index is -3.79.